The van der Waals surface area contributed by atoms with E-state index in [2.05, 4.69) is 29.0 Å². The first kappa shape index (κ1) is 22.8. The third-order valence-electron chi connectivity index (χ3n) is 5.34. The van der Waals surface area contributed by atoms with E-state index in [1.54, 1.807) is 25.3 Å². The fourth-order valence-corrected chi connectivity index (χ4v) is 4.72. The number of rotatable bonds is 11. The molecule has 1 unspecified atom stereocenters. The molecule has 0 fully saturated rings. The van der Waals surface area contributed by atoms with Gasteiger partial charge < -0.3 is 15.0 Å². The van der Waals surface area contributed by atoms with E-state index in [0.29, 0.717) is 22.3 Å². The van der Waals surface area contributed by atoms with Crippen LogP contribution >= 0.6 is 23.4 Å². The first-order valence-electron chi connectivity index (χ1n) is 10.4. The molecule has 30 heavy (non-hydrogen) atoms. The third kappa shape index (κ3) is 5.25. The average Bonchev–Trinajstić information content (AvgIpc) is 2.77. The highest BCUT2D eigenvalue weighted by Gasteiger charge is 2.41. The molecule has 1 N–H and O–H groups in total. The molecule has 8 heteroatoms. The molecule has 0 radical (unpaired) electrons. The largest absolute Gasteiger partial charge is 0.481 e. The fraction of sp³-hybridized carbons (Fsp3) is 0.500. The number of methoxy groups -OCH3 is 1. The van der Waals surface area contributed by atoms with Crippen molar-refractivity contribution >= 4 is 34.7 Å². The van der Waals surface area contributed by atoms with Crippen LogP contribution in [0.4, 0.5) is 5.69 Å². The van der Waals surface area contributed by atoms with Crippen molar-refractivity contribution < 1.29 is 9.50 Å². The Morgan fingerprint density at radius 1 is 1.27 bits per heavy atom. The number of thioether (sulfide) groups is 1. The van der Waals surface area contributed by atoms with Gasteiger partial charge in [0.25, 0.3) is 11.7 Å². The highest BCUT2D eigenvalue weighted by atomic mass is 35.5. The summed E-state index contributed by atoms with van der Waals surface area (Å²) in [4.78, 5) is 19.9. The number of pyridine rings is 1. The van der Waals surface area contributed by atoms with Crippen LogP contribution in [0.3, 0.4) is 0 Å². The molecule has 1 atom stereocenters. The van der Waals surface area contributed by atoms with Crippen LogP contribution in [0.1, 0.15) is 26.0 Å². The Labute approximate surface area is 188 Å². The molecule has 3 rings (SSSR count). The zero-order chi connectivity index (χ0) is 21.5. The molecular weight excluding hydrogens is 420 g/mol. The minimum absolute atomic E-state index is 0.448. The second-order valence-electron chi connectivity index (χ2n) is 7.13. The van der Waals surface area contributed by atoms with Crippen molar-refractivity contribution in [1.29, 1.82) is 0 Å². The lowest BCUT2D eigenvalue weighted by Gasteiger charge is -2.23. The zero-order valence-corrected chi connectivity index (χ0v) is 19.4. The van der Waals surface area contributed by atoms with Gasteiger partial charge in [-0.25, -0.2) is 4.98 Å². The summed E-state index contributed by atoms with van der Waals surface area (Å²) in [5.41, 5.74) is 2.92. The number of nitrogens with zero attached hydrogens (tertiary/aromatic N) is 3. The maximum atomic E-state index is 12.9. The second kappa shape index (κ2) is 11.0. The summed E-state index contributed by atoms with van der Waals surface area (Å²) in [5, 5.41) is 4.10. The number of ether oxygens (including phenoxy) is 1. The van der Waals surface area contributed by atoms with E-state index in [9.17, 15) is 4.91 Å². The Morgan fingerprint density at radius 2 is 2.07 bits per heavy atom. The number of allylic oxidation sites excluding steroid dienone is 2. The number of aromatic nitrogens is 1. The lowest BCUT2D eigenvalue weighted by molar-refractivity contribution is -0.484. The van der Waals surface area contributed by atoms with Crippen LogP contribution in [0, 0.1) is 4.91 Å². The van der Waals surface area contributed by atoms with Gasteiger partial charge in [0, 0.05) is 47.0 Å². The summed E-state index contributed by atoms with van der Waals surface area (Å²) in [6, 6.07) is 3.02. The van der Waals surface area contributed by atoms with Gasteiger partial charge in [0.05, 0.1) is 23.1 Å². The molecule has 1 aromatic heterocycles. The van der Waals surface area contributed by atoms with E-state index in [4.69, 9.17) is 16.3 Å². The van der Waals surface area contributed by atoms with Crippen molar-refractivity contribution in [2.45, 2.75) is 26.3 Å². The van der Waals surface area contributed by atoms with Crippen molar-refractivity contribution in [3.05, 3.63) is 51.6 Å². The maximum Gasteiger partial charge on any atom is 0.285 e. The van der Waals surface area contributed by atoms with Crippen molar-refractivity contribution in [3.63, 3.8) is 0 Å². The minimum atomic E-state index is -0.448. The van der Waals surface area contributed by atoms with Gasteiger partial charge in [0.15, 0.2) is 5.69 Å². The summed E-state index contributed by atoms with van der Waals surface area (Å²) in [7, 11) is 1.58. The Hall–Kier alpha value is -1.83. The molecule has 1 aliphatic heterocycles. The van der Waals surface area contributed by atoms with Crippen LogP contribution < -0.4 is 10.1 Å². The van der Waals surface area contributed by atoms with Crippen LogP contribution in [-0.2, 0) is 0 Å². The van der Waals surface area contributed by atoms with Gasteiger partial charge in [-0.15, -0.1) is 0 Å². The topological polar surface area (TPSA) is 57.5 Å². The molecule has 2 heterocycles. The number of hydrogen-bond acceptors (Lipinski definition) is 6. The minimum Gasteiger partial charge on any atom is -0.481 e. The molecule has 162 valence electrons. The normalized spacial score (nSPS) is 17.7. The van der Waals surface area contributed by atoms with Crippen LogP contribution in [0.25, 0.3) is 5.70 Å². The van der Waals surface area contributed by atoms with Crippen LogP contribution in [-0.4, -0.2) is 65.5 Å². The van der Waals surface area contributed by atoms with Crippen molar-refractivity contribution in [2.75, 3.05) is 44.8 Å². The summed E-state index contributed by atoms with van der Waals surface area (Å²) in [6.07, 6.45) is 6.53. The molecule has 2 aliphatic rings. The molecule has 0 spiro atoms. The van der Waals surface area contributed by atoms with Crippen LogP contribution in [0.2, 0.25) is 0 Å². The molecule has 0 amide bonds. The van der Waals surface area contributed by atoms with Gasteiger partial charge in [0.2, 0.25) is 5.88 Å². The Balaban J connectivity index is 1.67. The molecule has 0 saturated heterocycles. The van der Waals surface area contributed by atoms with Gasteiger partial charge in [-0.1, -0.05) is 25.4 Å². The Bertz CT molecular complexity index is 865. The average molecular weight is 450 g/mol. The fourth-order valence-electron chi connectivity index (χ4n) is 3.59. The molecule has 0 saturated carbocycles. The van der Waals surface area contributed by atoms with Gasteiger partial charge >= 0.3 is 0 Å². The highest BCUT2D eigenvalue weighted by Crippen LogP contribution is 2.38. The second-order valence-corrected chi connectivity index (χ2v) is 8.79. The Kier molecular flexibility index (Phi) is 8.36. The van der Waals surface area contributed by atoms with Gasteiger partial charge in [-0.3, -0.25) is 0 Å². The van der Waals surface area contributed by atoms with Crippen LogP contribution in [0.5, 0.6) is 5.88 Å². The molecule has 0 aromatic carbocycles. The van der Waals surface area contributed by atoms with Crippen molar-refractivity contribution in [2.24, 2.45) is 0 Å². The monoisotopic (exact) mass is 449 g/mol. The highest BCUT2D eigenvalue weighted by molar-refractivity contribution is 7.99. The summed E-state index contributed by atoms with van der Waals surface area (Å²) in [6.45, 7) is 8.57. The predicted octanol–water partition coefficient (Wildman–Crippen LogP) is 4.34. The third-order valence-corrected chi connectivity index (χ3v) is 6.65. The number of halogens is 1. The van der Waals surface area contributed by atoms with Crippen molar-refractivity contribution in [1.82, 2.24) is 15.2 Å². The van der Waals surface area contributed by atoms with Gasteiger partial charge in [0.1, 0.15) is 0 Å². The molecular formula is C22H30ClN4O2S+. The molecule has 0 bridgehead atoms. The predicted molar refractivity (Wildman–Crippen MR) is 126 cm³/mol. The SMILES string of the molecule is CCN(CC)CCSCCCNC1=C2C=CC(Cl)=CC2[N+](=O)c2ccc(OC)nc21. The van der Waals surface area contributed by atoms with E-state index in [1.807, 2.05) is 23.9 Å². The quantitative estimate of drug-likeness (QED) is 0.400. The van der Waals surface area contributed by atoms with E-state index in [1.165, 1.54) is 0 Å². The van der Waals surface area contributed by atoms with Crippen LogP contribution in [0.15, 0.2) is 41.0 Å². The number of fused-ring (bicyclic) bond motifs is 2. The smallest absolute Gasteiger partial charge is 0.285 e. The standard InChI is InChI=1S/C22H30ClN4O2S/c1-4-26(5-2)12-14-30-13-6-11-24-21-17-8-7-16(23)15-19(17)27(28)18-9-10-20(29-3)25-22(18)21/h7-10,15,19,24H,4-6,11-14H2,1-3H3/q+1. The lowest BCUT2D eigenvalue weighted by Crippen LogP contribution is -2.32. The number of nitrogens with one attached hydrogen (secondary N) is 1. The van der Waals surface area contributed by atoms with Gasteiger partial charge in [-0.05, 0) is 37.4 Å². The summed E-state index contributed by atoms with van der Waals surface area (Å²) < 4.78 is 6.25. The molecule has 1 aromatic rings. The zero-order valence-electron chi connectivity index (χ0n) is 17.9. The maximum absolute atomic E-state index is 12.9. The first-order chi connectivity index (χ1) is 14.6. The summed E-state index contributed by atoms with van der Waals surface area (Å²) >= 11 is 8.15. The van der Waals surface area contributed by atoms with E-state index in [0.717, 1.165) is 60.1 Å². The Morgan fingerprint density at radius 3 is 2.80 bits per heavy atom. The van der Waals surface area contributed by atoms with E-state index in [-0.39, 0.29) is 0 Å². The van der Waals surface area contributed by atoms with Crippen molar-refractivity contribution in [3.8, 4) is 5.88 Å². The number of nitroso groups, excluding NO2 is 1. The lowest BCUT2D eigenvalue weighted by atomic mass is 9.93. The van der Waals surface area contributed by atoms with Gasteiger partial charge in [-0.2, -0.15) is 11.8 Å². The number of hydrogen-bond donors (Lipinski definition) is 1. The summed E-state index contributed by atoms with van der Waals surface area (Å²) in [5.74, 6) is 2.73. The van der Waals surface area contributed by atoms with E-state index >= 15 is 0 Å². The molecule has 6 nitrogen and oxygen atoms in total. The van der Waals surface area contributed by atoms with E-state index < -0.39 is 6.04 Å². The first-order valence-corrected chi connectivity index (χ1v) is 12.0. The molecule has 1 aliphatic carbocycles.